The number of hydrogen-bond donors (Lipinski definition) is 1. The Labute approximate surface area is 202 Å². The van der Waals surface area contributed by atoms with Crippen molar-refractivity contribution >= 4 is 34.5 Å². The van der Waals surface area contributed by atoms with Gasteiger partial charge in [0.2, 0.25) is 5.91 Å². The van der Waals surface area contributed by atoms with Crippen LogP contribution in [0.15, 0.2) is 47.8 Å². The summed E-state index contributed by atoms with van der Waals surface area (Å²) >= 11 is 1.56. The van der Waals surface area contributed by atoms with Crippen LogP contribution in [0.3, 0.4) is 0 Å². The maximum absolute atomic E-state index is 13.0. The molecule has 178 valence electrons. The van der Waals surface area contributed by atoms with Crippen LogP contribution in [0, 0.1) is 0 Å². The number of amides is 2. The van der Waals surface area contributed by atoms with Crippen molar-refractivity contribution in [2.75, 3.05) is 37.1 Å². The van der Waals surface area contributed by atoms with E-state index in [4.69, 9.17) is 14.2 Å². The second kappa shape index (κ2) is 10.7. The van der Waals surface area contributed by atoms with Gasteiger partial charge in [0.05, 0.1) is 35.3 Å². The first-order valence-electron chi connectivity index (χ1n) is 11.1. The van der Waals surface area contributed by atoms with E-state index in [0.29, 0.717) is 36.1 Å². The van der Waals surface area contributed by atoms with Gasteiger partial charge in [-0.05, 0) is 44.2 Å². The highest BCUT2D eigenvalue weighted by molar-refractivity contribution is 7.09. The van der Waals surface area contributed by atoms with E-state index in [1.54, 1.807) is 37.5 Å². The number of hydrogen-bond acceptors (Lipinski definition) is 7. The molecule has 2 heterocycles. The average molecular weight is 482 g/mol. The number of thiazole rings is 1. The Bertz CT molecular complexity index is 1180. The smallest absolute Gasteiger partial charge is 0.268 e. The molecule has 0 fully saturated rings. The van der Waals surface area contributed by atoms with Crippen molar-refractivity contribution in [3.8, 4) is 22.8 Å². The first kappa shape index (κ1) is 23.7. The molecular formula is C25H27N3O5S. The van der Waals surface area contributed by atoms with Crippen LogP contribution in [-0.2, 0) is 20.7 Å². The number of fused-ring (bicyclic) bond motifs is 1. The maximum Gasteiger partial charge on any atom is 0.268 e. The van der Waals surface area contributed by atoms with Gasteiger partial charge in [0.1, 0.15) is 18.0 Å². The van der Waals surface area contributed by atoms with Gasteiger partial charge in [0, 0.05) is 24.5 Å². The van der Waals surface area contributed by atoms with Crippen molar-refractivity contribution in [1.29, 1.82) is 0 Å². The highest BCUT2D eigenvalue weighted by Gasteiger charge is 2.33. The Morgan fingerprint density at radius 2 is 2.09 bits per heavy atom. The molecule has 1 atom stereocenters. The first-order valence-corrected chi connectivity index (χ1v) is 12.0. The van der Waals surface area contributed by atoms with Crippen molar-refractivity contribution < 1.29 is 23.8 Å². The van der Waals surface area contributed by atoms with Crippen LogP contribution in [0.2, 0.25) is 0 Å². The summed E-state index contributed by atoms with van der Waals surface area (Å²) in [6.07, 6.45) is 0.0440. The van der Waals surface area contributed by atoms with Crippen LogP contribution in [0.25, 0.3) is 11.3 Å². The van der Waals surface area contributed by atoms with E-state index >= 15 is 0 Å². The molecule has 0 aliphatic carbocycles. The van der Waals surface area contributed by atoms with Gasteiger partial charge in [-0.15, -0.1) is 11.3 Å². The summed E-state index contributed by atoms with van der Waals surface area (Å²) in [4.78, 5) is 32.1. The van der Waals surface area contributed by atoms with E-state index in [2.05, 4.69) is 10.3 Å². The van der Waals surface area contributed by atoms with Gasteiger partial charge in [0.15, 0.2) is 6.10 Å². The van der Waals surface area contributed by atoms with E-state index in [1.165, 1.54) is 4.90 Å². The van der Waals surface area contributed by atoms with Gasteiger partial charge in [-0.1, -0.05) is 12.1 Å². The molecule has 4 rings (SSSR count). The topological polar surface area (TPSA) is 90.0 Å². The molecule has 0 spiro atoms. The summed E-state index contributed by atoms with van der Waals surface area (Å²) in [5.41, 5.74) is 2.75. The van der Waals surface area contributed by atoms with E-state index < -0.39 is 6.10 Å². The number of nitrogens with one attached hydrogen (secondary N) is 1. The number of anilines is 2. The summed E-state index contributed by atoms with van der Waals surface area (Å²) < 4.78 is 16.5. The average Bonchev–Trinajstić information content (AvgIpc) is 3.31. The quantitative estimate of drug-likeness (QED) is 0.494. The molecule has 1 aliphatic rings. The lowest BCUT2D eigenvalue weighted by Gasteiger charge is -2.33. The largest absolute Gasteiger partial charge is 0.492 e. The van der Waals surface area contributed by atoms with Crippen LogP contribution < -0.4 is 19.7 Å². The molecule has 9 heteroatoms. The number of ether oxygens (including phenoxy) is 3. The van der Waals surface area contributed by atoms with Gasteiger partial charge in [-0.3, -0.25) is 14.5 Å². The summed E-state index contributed by atoms with van der Waals surface area (Å²) in [5, 5.41) is 5.80. The van der Waals surface area contributed by atoms with E-state index in [9.17, 15) is 9.59 Å². The standard InChI is InChI=1S/C25H27N3O5S/c1-4-32-21-8-6-5-7-18(21)26-23(29)14-28-20-13-17(9-10-22(20)33-16(2)25(28)30)19-15-34-24(27-19)11-12-31-3/h5-10,13,15-16H,4,11-12,14H2,1-3H3,(H,26,29). The number of rotatable bonds is 9. The molecule has 0 saturated heterocycles. The van der Waals surface area contributed by atoms with Gasteiger partial charge in [-0.25, -0.2) is 4.98 Å². The van der Waals surface area contributed by atoms with Gasteiger partial charge in [0.25, 0.3) is 5.91 Å². The van der Waals surface area contributed by atoms with Crippen LogP contribution >= 0.6 is 11.3 Å². The number of methoxy groups -OCH3 is 1. The molecule has 3 aromatic rings. The monoisotopic (exact) mass is 481 g/mol. The molecule has 0 saturated carbocycles. The first-order chi connectivity index (χ1) is 16.5. The molecule has 2 amide bonds. The number of carbonyl (C=O) groups excluding carboxylic acids is 2. The van der Waals surface area contributed by atoms with Crippen LogP contribution in [0.4, 0.5) is 11.4 Å². The van der Waals surface area contributed by atoms with Crippen LogP contribution in [0.1, 0.15) is 18.9 Å². The Morgan fingerprint density at radius 3 is 2.88 bits per heavy atom. The van der Waals surface area contributed by atoms with Crippen molar-refractivity contribution in [3.05, 3.63) is 52.9 Å². The summed E-state index contributed by atoms with van der Waals surface area (Å²) in [6, 6.07) is 12.8. The molecule has 34 heavy (non-hydrogen) atoms. The van der Waals surface area contributed by atoms with Gasteiger partial charge in [-0.2, -0.15) is 0 Å². The normalized spacial score (nSPS) is 15.0. The second-order valence-electron chi connectivity index (χ2n) is 7.71. The number of benzene rings is 2. The van der Waals surface area contributed by atoms with E-state index in [0.717, 1.165) is 22.7 Å². The fourth-order valence-electron chi connectivity index (χ4n) is 3.66. The zero-order chi connectivity index (χ0) is 24.1. The lowest BCUT2D eigenvalue weighted by atomic mass is 10.1. The molecule has 0 radical (unpaired) electrons. The molecule has 1 unspecified atom stereocenters. The minimum absolute atomic E-state index is 0.153. The van der Waals surface area contributed by atoms with E-state index in [1.807, 2.05) is 42.6 Å². The third-order valence-corrected chi connectivity index (χ3v) is 6.21. The van der Waals surface area contributed by atoms with Crippen LogP contribution in [0.5, 0.6) is 11.5 Å². The SMILES string of the molecule is CCOc1ccccc1NC(=O)CN1C(=O)C(C)Oc2ccc(-c3csc(CCOC)n3)cc21. The third-order valence-electron chi connectivity index (χ3n) is 5.30. The molecule has 1 aromatic heterocycles. The summed E-state index contributed by atoms with van der Waals surface area (Å²) in [6.45, 7) is 4.49. The van der Waals surface area contributed by atoms with Crippen molar-refractivity contribution in [2.45, 2.75) is 26.4 Å². The zero-order valence-corrected chi connectivity index (χ0v) is 20.2. The second-order valence-corrected chi connectivity index (χ2v) is 8.66. The summed E-state index contributed by atoms with van der Waals surface area (Å²) in [7, 11) is 1.66. The number of nitrogens with zero attached hydrogens (tertiary/aromatic N) is 2. The third kappa shape index (κ3) is 5.21. The number of para-hydroxylation sites is 2. The molecule has 1 N–H and O–H groups in total. The Morgan fingerprint density at radius 1 is 1.26 bits per heavy atom. The minimum Gasteiger partial charge on any atom is -0.492 e. The fraction of sp³-hybridized carbons (Fsp3) is 0.320. The Balaban J connectivity index is 1.58. The fourth-order valence-corrected chi connectivity index (χ4v) is 4.45. The van der Waals surface area contributed by atoms with Crippen LogP contribution in [-0.4, -0.2) is 49.8 Å². The number of aromatic nitrogens is 1. The van der Waals surface area contributed by atoms with Gasteiger partial charge < -0.3 is 19.5 Å². The Kier molecular flexibility index (Phi) is 7.44. The maximum atomic E-state index is 13.0. The predicted octanol–water partition coefficient (Wildman–Crippen LogP) is 4.15. The minimum atomic E-state index is -0.693. The Hall–Kier alpha value is -3.43. The van der Waals surface area contributed by atoms with Crippen molar-refractivity contribution in [1.82, 2.24) is 4.98 Å². The van der Waals surface area contributed by atoms with E-state index in [-0.39, 0.29) is 18.4 Å². The molecule has 1 aliphatic heterocycles. The lowest BCUT2D eigenvalue weighted by Crippen LogP contribution is -2.47. The molecular weight excluding hydrogens is 454 g/mol. The highest BCUT2D eigenvalue weighted by Crippen LogP contribution is 2.38. The van der Waals surface area contributed by atoms with Crippen molar-refractivity contribution in [3.63, 3.8) is 0 Å². The predicted molar refractivity (Wildman–Crippen MR) is 132 cm³/mol. The molecule has 8 nitrogen and oxygen atoms in total. The molecule has 0 bridgehead atoms. The van der Waals surface area contributed by atoms with Crippen molar-refractivity contribution in [2.24, 2.45) is 0 Å². The van der Waals surface area contributed by atoms with Gasteiger partial charge >= 0.3 is 0 Å². The molecule has 2 aromatic carbocycles. The zero-order valence-electron chi connectivity index (χ0n) is 19.4. The lowest BCUT2D eigenvalue weighted by molar-refractivity contribution is -0.127. The highest BCUT2D eigenvalue weighted by atomic mass is 32.1. The number of carbonyl (C=O) groups is 2. The summed E-state index contributed by atoms with van der Waals surface area (Å²) in [5.74, 6) is 0.516.